The molecular weight excluding hydrogens is 408 g/mol. The van der Waals surface area contributed by atoms with E-state index in [-0.39, 0.29) is 10.8 Å². The minimum atomic E-state index is -0.0858. The molecule has 0 aliphatic rings. The Labute approximate surface area is 172 Å². The van der Waals surface area contributed by atoms with Crippen molar-refractivity contribution in [3.63, 3.8) is 0 Å². The van der Waals surface area contributed by atoms with Crippen molar-refractivity contribution in [3.05, 3.63) is 62.8 Å². The Morgan fingerprint density at radius 1 is 1.14 bits per heavy atom. The van der Waals surface area contributed by atoms with Crippen LogP contribution in [0.15, 0.2) is 51.0 Å². The number of aromatic nitrogens is 4. The second-order valence-electron chi connectivity index (χ2n) is 6.58. The average molecular weight is 425 g/mol. The average Bonchev–Trinajstić information content (AvgIpc) is 3.39. The molecule has 1 unspecified atom stereocenters. The first kappa shape index (κ1) is 17.7. The molecule has 0 fully saturated rings. The number of benzene rings is 1. The molecule has 0 spiro atoms. The largest absolute Gasteiger partial charge is 0.333 e. The van der Waals surface area contributed by atoms with E-state index in [0.717, 1.165) is 31.5 Å². The van der Waals surface area contributed by atoms with E-state index < -0.39 is 0 Å². The number of thiophene rings is 2. The third-order valence-electron chi connectivity index (χ3n) is 4.54. The molecule has 2 N–H and O–H groups in total. The third kappa shape index (κ3) is 3.07. The number of fused-ring (bicyclic) bond motifs is 2. The van der Waals surface area contributed by atoms with Crippen molar-refractivity contribution >= 4 is 55.7 Å². The van der Waals surface area contributed by atoms with Crippen molar-refractivity contribution in [2.75, 3.05) is 0 Å². The highest BCUT2D eigenvalue weighted by Gasteiger charge is 2.18. The molecule has 0 saturated heterocycles. The second kappa shape index (κ2) is 6.88. The fourth-order valence-corrected chi connectivity index (χ4v) is 5.80. The van der Waals surface area contributed by atoms with Crippen LogP contribution in [-0.4, -0.2) is 19.9 Å². The summed E-state index contributed by atoms with van der Waals surface area (Å²) >= 11 is 4.70. The smallest absolute Gasteiger partial charge is 0.260 e. The molecular formula is C20H16N4OS3. The lowest BCUT2D eigenvalue weighted by Gasteiger charge is -2.08. The number of aromatic amines is 2. The van der Waals surface area contributed by atoms with Gasteiger partial charge in [0.2, 0.25) is 0 Å². The van der Waals surface area contributed by atoms with E-state index in [1.54, 1.807) is 23.1 Å². The van der Waals surface area contributed by atoms with Crippen molar-refractivity contribution in [1.29, 1.82) is 0 Å². The van der Waals surface area contributed by atoms with Crippen LogP contribution in [0.25, 0.3) is 31.7 Å². The quantitative estimate of drug-likeness (QED) is 0.360. The number of nitrogens with one attached hydrogen (secondary N) is 2. The fraction of sp³-hybridized carbons (Fsp3) is 0.150. The molecule has 140 valence electrons. The first-order valence-electron chi connectivity index (χ1n) is 8.77. The molecule has 28 heavy (non-hydrogen) atoms. The highest BCUT2D eigenvalue weighted by molar-refractivity contribution is 7.99. The van der Waals surface area contributed by atoms with Crippen LogP contribution in [-0.2, 0) is 0 Å². The zero-order chi connectivity index (χ0) is 19.3. The first-order valence-corrected chi connectivity index (χ1v) is 11.4. The van der Waals surface area contributed by atoms with Gasteiger partial charge in [0, 0.05) is 15.8 Å². The molecule has 0 aliphatic heterocycles. The van der Waals surface area contributed by atoms with Crippen molar-refractivity contribution in [2.24, 2.45) is 0 Å². The molecule has 4 aromatic heterocycles. The Morgan fingerprint density at radius 2 is 2.04 bits per heavy atom. The molecule has 8 heteroatoms. The Morgan fingerprint density at radius 3 is 2.86 bits per heavy atom. The predicted octanol–water partition coefficient (Wildman–Crippen LogP) is 5.75. The summed E-state index contributed by atoms with van der Waals surface area (Å²) in [6.45, 7) is 4.09. The summed E-state index contributed by atoms with van der Waals surface area (Å²) < 4.78 is 0. The summed E-state index contributed by atoms with van der Waals surface area (Å²) in [7, 11) is 0. The molecule has 0 radical (unpaired) electrons. The van der Waals surface area contributed by atoms with Crippen molar-refractivity contribution in [3.8, 4) is 10.4 Å². The predicted molar refractivity (Wildman–Crippen MR) is 119 cm³/mol. The number of imidazole rings is 1. The standard InChI is InChI=1S/C20H16N4OS3/c1-10-5-6-13-14(8-10)22-20(21-13)28-11(2)17-23-18(25)16-12(9-27-19(16)24-17)15-4-3-7-26-15/h3-9,11H,1-2H3,(H,21,22)(H,23,24,25). The van der Waals surface area contributed by atoms with Gasteiger partial charge in [0.1, 0.15) is 10.7 Å². The van der Waals surface area contributed by atoms with Crippen molar-refractivity contribution in [2.45, 2.75) is 24.3 Å². The molecule has 4 heterocycles. The van der Waals surface area contributed by atoms with Crippen molar-refractivity contribution < 1.29 is 0 Å². The van der Waals surface area contributed by atoms with E-state index in [9.17, 15) is 4.79 Å². The molecule has 5 rings (SSSR count). The fourth-order valence-electron chi connectivity index (χ4n) is 3.15. The van der Waals surface area contributed by atoms with Gasteiger partial charge in [0.15, 0.2) is 5.16 Å². The zero-order valence-corrected chi connectivity index (χ0v) is 17.6. The lowest BCUT2D eigenvalue weighted by Crippen LogP contribution is -2.12. The molecule has 0 saturated carbocycles. The summed E-state index contributed by atoms with van der Waals surface area (Å²) in [5.74, 6) is 0.665. The highest BCUT2D eigenvalue weighted by Crippen LogP contribution is 2.36. The Balaban J connectivity index is 1.49. The van der Waals surface area contributed by atoms with Crippen LogP contribution in [0.3, 0.4) is 0 Å². The van der Waals surface area contributed by atoms with Crippen LogP contribution in [0.1, 0.15) is 23.6 Å². The van der Waals surface area contributed by atoms with Crippen LogP contribution in [0.2, 0.25) is 0 Å². The Bertz CT molecular complexity index is 1350. The molecule has 1 aromatic carbocycles. The number of aryl methyl sites for hydroxylation is 1. The topological polar surface area (TPSA) is 74.4 Å². The summed E-state index contributed by atoms with van der Waals surface area (Å²) in [5, 5.41) is 5.49. The molecule has 0 amide bonds. The maximum absolute atomic E-state index is 12.8. The lowest BCUT2D eigenvalue weighted by atomic mass is 10.2. The minimum absolute atomic E-state index is 0.0361. The molecule has 5 aromatic rings. The Kier molecular flexibility index (Phi) is 4.34. The first-order chi connectivity index (χ1) is 13.6. The van der Waals surface area contributed by atoms with Gasteiger partial charge in [-0.25, -0.2) is 9.97 Å². The van der Waals surface area contributed by atoms with E-state index in [1.165, 1.54) is 16.9 Å². The number of hydrogen-bond donors (Lipinski definition) is 2. The number of thioether (sulfide) groups is 1. The van der Waals surface area contributed by atoms with Gasteiger partial charge in [-0.2, -0.15) is 0 Å². The number of rotatable bonds is 4. The van der Waals surface area contributed by atoms with Crippen LogP contribution >= 0.6 is 34.4 Å². The van der Waals surface area contributed by atoms with Crippen LogP contribution in [0, 0.1) is 6.92 Å². The van der Waals surface area contributed by atoms with Gasteiger partial charge in [-0.15, -0.1) is 22.7 Å². The van der Waals surface area contributed by atoms with Gasteiger partial charge in [-0.3, -0.25) is 4.79 Å². The summed E-state index contributed by atoms with van der Waals surface area (Å²) in [6, 6.07) is 10.2. The van der Waals surface area contributed by atoms with E-state index in [0.29, 0.717) is 11.2 Å². The van der Waals surface area contributed by atoms with Crippen LogP contribution in [0.4, 0.5) is 0 Å². The maximum atomic E-state index is 12.8. The van der Waals surface area contributed by atoms with Gasteiger partial charge >= 0.3 is 0 Å². The number of H-pyrrole nitrogens is 2. The van der Waals surface area contributed by atoms with Crippen LogP contribution < -0.4 is 5.56 Å². The van der Waals surface area contributed by atoms with Gasteiger partial charge in [-0.05, 0) is 43.0 Å². The summed E-state index contributed by atoms with van der Waals surface area (Å²) in [5.41, 5.74) is 4.03. The van der Waals surface area contributed by atoms with E-state index >= 15 is 0 Å². The molecule has 1 atom stereocenters. The summed E-state index contributed by atoms with van der Waals surface area (Å²) in [4.78, 5) is 30.4. The Hall–Kier alpha value is -2.42. The zero-order valence-electron chi connectivity index (χ0n) is 15.1. The molecule has 0 aliphatic carbocycles. The van der Waals surface area contributed by atoms with Gasteiger partial charge in [0.25, 0.3) is 5.56 Å². The van der Waals surface area contributed by atoms with Gasteiger partial charge in [0.05, 0.1) is 21.7 Å². The van der Waals surface area contributed by atoms with E-state index in [2.05, 4.69) is 34.0 Å². The normalized spacial score (nSPS) is 12.8. The number of hydrogen-bond acceptors (Lipinski definition) is 6. The highest BCUT2D eigenvalue weighted by atomic mass is 32.2. The van der Waals surface area contributed by atoms with Crippen LogP contribution in [0.5, 0.6) is 0 Å². The van der Waals surface area contributed by atoms with E-state index in [4.69, 9.17) is 4.98 Å². The second-order valence-corrected chi connectivity index (χ2v) is 9.72. The number of nitrogens with zero attached hydrogens (tertiary/aromatic N) is 2. The van der Waals surface area contributed by atoms with Gasteiger partial charge in [-0.1, -0.05) is 23.9 Å². The minimum Gasteiger partial charge on any atom is -0.333 e. The van der Waals surface area contributed by atoms with Crippen molar-refractivity contribution in [1.82, 2.24) is 19.9 Å². The van der Waals surface area contributed by atoms with E-state index in [1.807, 2.05) is 35.9 Å². The molecule has 5 nitrogen and oxygen atoms in total. The third-order valence-corrected chi connectivity index (χ3v) is 7.31. The monoisotopic (exact) mass is 424 g/mol. The SMILES string of the molecule is Cc1ccc2nc(SC(C)c3nc4scc(-c5cccs5)c4c(=O)[nH]3)[nH]c2c1. The maximum Gasteiger partial charge on any atom is 0.260 e. The lowest BCUT2D eigenvalue weighted by molar-refractivity contribution is 0.917. The summed E-state index contributed by atoms with van der Waals surface area (Å²) in [6.07, 6.45) is 0. The van der Waals surface area contributed by atoms with Gasteiger partial charge < -0.3 is 9.97 Å². The molecule has 0 bridgehead atoms.